The van der Waals surface area contributed by atoms with Gasteiger partial charge in [-0.2, -0.15) is 0 Å². The molecule has 1 aliphatic heterocycles. The molecule has 0 spiro atoms. The van der Waals surface area contributed by atoms with Gasteiger partial charge in [0, 0.05) is 19.0 Å². The van der Waals surface area contributed by atoms with Crippen LogP contribution in [0.5, 0.6) is 0 Å². The number of aliphatic hydroxyl groups excluding tert-OH is 1. The van der Waals surface area contributed by atoms with Crippen molar-refractivity contribution in [2.45, 2.75) is 30.1 Å². The predicted molar refractivity (Wildman–Crippen MR) is 76.7 cm³/mol. The maximum absolute atomic E-state index is 12.4. The van der Waals surface area contributed by atoms with Gasteiger partial charge in [-0.3, -0.25) is 0 Å². The first-order valence-corrected chi connectivity index (χ1v) is 8.33. The molecule has 0 aliphatic carbocycles. The molecule has 1 aromatic rings. The Morgan fingerprint density at radius 3 is 2.24 bits per heavy atom. The molecule has 1 atom stereocenters. The highest BCUT2D eigenvalue weighted by Gasteiger charge is 2.35. The molecule has 1 aromatic carbocycles. The average Bonchev–Trinajstić information content (AvgIpc) is 2.47. The number of rotatable bonds is 3. The first-order chi connectivity index (χ1) is 9.82. The monoisotopic (exact) mass is 313 g/mol. The van der Waals surface area contributed by atoms with E-state index in [4.69, 9.17) is 5.11 Å². The number of piperidine rings is 1. The molecular weight excluding hydrogens is 294 g/mol. The van der Waals surface area contributed by atoms with Gasteiger partial charge in [0.25, 0.3) is 0 Å². The topological polar surface area (TPSA) is 94.9 Å². The second-order valence-electron chi connectivity index (χ2n) is 5.36. The predicted octanol–water partition coefficient (Wildman–Crippen LogP) is 1.48. The van der Waals surface area contributed by atoms with Crippen molar-refractivity contribution in [3.05, 3.63) is 29.8 Å². The lowest BCUT2D eigenvalue weighted by atomic mass is 9.98. The van der Waals surface area contributed by atoms with Crippen molar-refractivity contribution in [3.8, 4) is 0 Å². The van der Waals surface area contributed by atoms with Crippen LogP contribution in [0.4, 0.5) is 4.79 Å². The Morgan fingerprint density at radius 2 is 1.76 bits per heavy atom. The van der Waals surface area contributed by atoms with E-state index in [1.807, 2.05) is 6.92 Å². The number of hydrogen-bond acceptors (Lipinski definition) is 4. The van der Waals surface area contributed by atoms with Crippen molar-refractivity contribution in [3.63, 3.8) is 0 Å². The van der Waals surface area contributed by atoms with Crippen molar-refractivity contribution in [2.75, 3.05) is 13.1 Å². The number of sulfone groups is 1. The minimum absolute atomic E-state index is 0.0984. The van der Waals surface area contributed by atoms with Crippen molar-refractivity contribution >= 4 is 15.9 Å². The van der Waals surface area contributed by atoms with Gasteiger partial charge in [-0.05, 0) is 31.9 Å². The summed E-state index contributed by atoms with van der Waals surface area (Å²) in [5, 5.41) is 19.1. The highest BCUT2D eigenvalue weighted by atomic mass is 32.2. The Kier molecular flexibility index (Phi) is 4.53. The van der Waals surface area contributed by atoms with Crippen LogP contribution in [0.3, 0.4) is 0 Å². The normalized spacial score (nSPS) is 18.5. The lowest BCUT2D eigenvalue weighted by Gasteiger charge is -2.32. The molecule has 1 heterocycles. The minimum atomic E-state index is -3.80. The molecule has 1 amide bonds. The molecule has 1 unspecified atom stereocenters. The molecule has 1 saturated heterocycles. The third kappa shape index (κ3) is 3.36. The fourth-order valence-corrected chi connectivity index (χ4v) is 4.07. The third-order valence-corrected chi connectivity index (χ3v) is 5.83. The Bertz CT molecular complexity index is 603. The minimum Gasteiger partial charge on any atom is -0.465 e. The fraction of sp³-hybridized carbons (Fsp3) is 0.500. The smallest absolute Gasteiger partial charge is 0.407 e. The van der Waals surface area contributed by atoms with E-state index in [-0.39, 0.29) is 18.0 Å². The number of carbonyl (C=O) groups is 1. The number of aliphatic hydroxyl groups is 1. The Hall–Kier alpha value is -1.60. The summed E-state index contributed by atoms with van der Waals surface area (Å²) in [5.41, 5.74) is -0.547. The van der Waals surface area contributed by atoms with Gasteiger partial charge in [0.15, 0.2) is 5.44 Å². The number of nitrogens with zero attached hydrogens (tertiary/aromatic N) is 1. The molecular formula is C14H19NO5S. The van der Waals surface area contributed by atoms with Crippen LogP contribution in [-0.2, 0) is 9.84 Å². The van der Waals surface area contributed by atoms with E-state index < -0.39 is 27.3 Å². The summed E-state index contributed by atoms with van der Waals surface area (Å²) >= 11 is 0. The Labute approximate surface area is 123 Å². The molecule has 2 rings (SSSR count). The van der Waals surface area contributed by atoms with Gasteiger partial charge < -0.3 is 15.1 Å². The summed E-state index contributed by atoms with van der Waals surface area (Å²) in [4.78, 5) is 12.2. The summed E-state index contributed by atoms with van der Waals surface area (Å²) < 4.78 is 24.8. The van der Waals surface area contributed by atoms with Gasteiger partial charge in [-0.1, -0.05) is 17.7 Å². The summed E-state index contributed by atoms with van der Waals surface area (Å²) in [6.07, 6.45) is -0.318. The molecule has 1 aliphatic rings. The van der Waals surface area contributed by atoms with Gasteiger partial charge in [0.1, 0.15) is 0 Å². The van der Waals surface area contributed by atoms with E-state index in [0.717, 1.165) is 5.56 Å². The second-order valence-corrected chi connectivity index (χ2v) is 7.40. The molecule has 0 aromatic heterocycles. The largest absolute Gasteiger partial charge is 0.465 e. The summed E-state index contributed by atoms with van der Waals surface area (Å²) in [7, 11) is -3.80. The molecule has 116 valence electrons. The number of amides is 1. The number of benzene rings is 1. The number of likely N-dealkylation sites (tertiary alicyclic amines) is 1. The molecule has 6 nitrogen and oxygen atoms in total. The average molecular weight is 313 g/mol. The SMILES string of the molecule is Cc1ccc(S(=O)(=O)C(O)C2CCN(C(=O)O)CC2)cc1. The number of carboxylic acid groups (broad SMARTS) is 1. The highest BCUT2D eigenvalue weighted by molar-refractivity contribution is 7.91. The molecule has 7 heteroatoms. The van der Waals surface area contributed by atoms with Crippen molar-refractivity contribution in [1.82, 2.24) is 4.90 Å². The zero-order chi connectivity index (χ0) is 15.6. The van der Waals surface area contributed by atoms with E-state index in [1.54, 1.807) is 12.1 Å². The first kappa shape index (κ1) is 15.8. The van der Waals surface area contributed by atoms with Gasteiger partial charge in [0.2, 0.25) is 9.84 Å². The fourth-order valence-electron chi connectivity index (χ4n) is 2.50. The van der Waals surface area contributed by atoms with Crippen molar-refractivity contribution < 1.29 is 23.4 Å². The molecule has 0 radical (unpaired) electrons. The Balaban J connectivity index is 2.11. The molecule has 0 bridgehead atoms. The summed E-state index contributed by atoms with van der Waals surface area (Å²) in [6.45, 7) is 2.36. The first-order valence-electron chi connectivity index (χ1n) is 6.79. The molecule has 0 saturated carbocycles. The van der Waals surface area contributed by atoms with Crippen LogP contribution in [0.1, 0.15) is 18.4 Å². The van der Waals surface area contributed by atoms with Crippen LogP contribution in [0.15, 0.2) is 29.2 Å². The second kappa shape index (κ2) is 6.03. The summed E-state index contributed by atoms with van der Waals surface area (Å²) in [6, 6.07) is 6.35. The van der Waals surface area contributed by atoms with Crippen molar-refractivity contribution in [2.24, 2.45) is 5.92 Å². The standard InChI is InChI=1S/C14H19NO5S/c1-10-2-4-12(5-3-10)21(19,20)13(16)11-6-8-15(9-7-11)14(17)18/h2-5,11,13,16H,6-9H2,1H3,(H,17,18). The van der Waals surface area contributed by atoms with Gasteiger partial charge >= 0.3 is 6.09 Å². The van der Waals surface area contributed by atoms with E-state index in [1.165, 1.54) is 17.0 Å². The van der Waals surface area contributed by atoms with Gasteiger partial charge in [-0.15, -0.1) is 0 Å². The number of aryl methyl sites for hydroxylation is 1. The van der Waals surface area contributed by atoms with Gasteiger partial charge in [0.05, 0.1) is 4.90 Å². The van der Waals surface area contributed by atoms with Crippen LogP contribution < -0.4 is 0 Å². The number of hydrogen-bond donors (Lipinski definition) is 2. The van der Waals surface area contributed by atoms with Crippen LogP contribution in [-0.4, -0.2) is 48.1 Å². The lowest BCUT2D eigenvalue weighted by molar-refractivity contribution is 0.0941. The van der Waals surface area contributed by atoms with Gasteiger partial charge in [-0.25, -0.2) is 13.2 Å². The Morgan fingerprint density at radius 1 is 1.24 bits per heavy atom. The third-order valence-electron chi connectivity index (χ3n) is 3.88. The highest BCUT2D eigenvalue weighted by Crippen LogP contribution is 2.27. The van der Waals surface area contributed by atoms with Crippen molar-refractivity contribution in [1.29, 1.82) is 0 Å². The van der Waals surface area contributed by atoms with E-state index >= 15 is 0 Å². The lowest BCUT2D eigenvalue weighted by Crippen LogP contribution is -2.42. The van der Waals surface area contributed by atoms with Crippen LogP contribution in [0.25, 0.3) is 0 Å². The quantitative estimate of drug-likeness (QED) is 0.881. The van der Waals surface area contributed by atoms with E-state index in [0.29, 0.717) is 12.8 Å². The van der Waals surface area contributed by atoms with Crippen LogP contribution >= 0.6 is 0 Å². The summed E-state index contributed by atoms with van der Waals surface area (Å²) in [5.74, 6) is -0.438. The van der Waals surface area contributed by atoms with Crippen LogP contribution in [0.2, 0.25) is 0 Å². The molecule has 1 fully saturated rings. The zero-order valence-electron chi connectivity index (χ0n) is 11.8. The molecule has 21 heavy (non-hydrogen) atoms. The maximum Gasteiger partial charge on any atom is 0.407 e. The maximum atomic E-state index is 12.4. The zero-order valence-corrected chi connectivity index (χ0v) is 12.6. The van der Waals surface area contributed by atoms with Crippen LogP contribution in [0, 0.1) is 12.8 Å². The van der Waals surface area contributed by atoms with E-state index in [2.05, 4.69) is 0 Å². The molecule has 2 N–H and O–H groups in total. The van der Waals surface area contributed by atoms with E-state index in [9.17, 15) is 18.3 Å².